The molecule has 0 saturated heterocycles. The second-order valence-electron chi connectivity index (χ2n) is 12.3. The maximum atomic E-state index is 10.2. The van der Waals surface area contributed by atoms with Crippen LogP contribution in [0.5, 0.6) is 11.5 Å². The van der Waals surface area contributed by atoms with Crippen molar-refractivity contribution >= 4 is 36.8 Å². The minimum absolute atomic E-state index is 0.124. The van der Waals surface area contributed by atoms with E-state index in [-0.39, 0.29) is 34.6 Å². The molecule has 0 amide bonds. The molecule has 2 aromatic rings. The number of nitrogen functional groups attached to an aromatic ring is 2. The molecule has 0 bridgehead atoms. The van der Waals surface area contributed by atoms with Gasteiger partial charge in [0.05, 0.1) is 61.6 Å². The first kappa shape index (κ1) is 40.0. The Balaban J connectivity index is 0.000000558. The van der Waals surface area contributed by atoms with Crippen LogP contribution in [0, 0.1) is 32.8 Å². The van der Waals surface area contributed by atoms with Crippen LogP contribution in [0.25, 0.3) is 5.57 Å². The van der Waals surface area contributed by atoms with Crippen LogP contribution in [0.15, 0.2) is 30.3 Å². The highest BCUT2D eigenvalue weighted by Crippen LogP contribution is 2.50. The number of nitrogens with two attached hydrogens (primary N) is 2. The first-order chi connectivity index (χ1) is 22.6. The third-order valence-electron chi connectivity index (χ3n) is 7.64. The topological polar surface area (TPSA) is 186 Å². The van der Waals surface area contributed by atoms with Gasteiger partial charge in [-0.3, -0.25) is 10.1 Å². The Bertz CT molecular complexity index is 1510. The van der Waals surface area contributed by atoms with Gasteiger partial charge in [-0.25, -0.2) is 4.67 Å². The number of benzene rings is 2. The number of ether oxygens (including phenoxy) is 2. The molecule has 3 rings (SSSR count). The van der Waals surface area contributed by atoms with Gasteiger partial charge >= 0.3 is 0 Å². The summed E-state index contributed by atoms with van der Waals surface area (Å²) in [6.45, 7) is 16.9. The molecule has 1 atom stereocenters. The van der Waals surface area contributed by atoms with E-state index in [0.717, 1.165) is 42.3 Å². The van der Waals surface area contributed by atoms with Crippen molar-refractivity contribution in [1.29, 1.82) is 10.5 Å². The van der Waals surface area contributed by atoms with Crippen LogP contribution in [0.3, 0.4) is 0 Å². The fourth-order valence-corrected chi connectivity index (χ4v) is 7.22. The molecule has 0 fully saturated rings. The van der Waals surface area contributed by atoms with E-state index in [2.05, 4.69) is 70.2 Å². The predicted molar refractivity (Wildman–Crippen MR) is 192 cm³/mol. The number of rotatable bonds is 15. The summed E-state index contributed by atoms with van der Waals surface area (Å²) in [6, 6.07) is 10.3. The third kappa shape index (κ3) is 10.2. The van der Waals surface area contributed by atoms with Crippen molar-refractivity contribution in [2.75, 3.05) is 50.3 Å². The summed E-state index contributed by atoms with van der Waals surface area (Å²) in [4.78, 5) is 12.1. The Morgan fingerprint density at radius 2 is 1.69 bits per heavy atom. The summed E-state index contributed by atoms with van der Waals surface area (Å²) in [6.07, 6.45) is 4.46. The number of nitro groups is 1. The largest absolute Gasteiger partial charge is 0.494 e. The van der Waals surface area contributed by atoms with Crippen LogP contribution in [0.4, 0.5) is 22.7 Å². The van der Waals surface area contributed by atoms with E-state index in [0.29, 0.717) is 36.8 Å². The van der Waals surface area contributed by atoms with Gasteiger partial charge < -0.3 is 34.9 Å². The lowest BCUT2D eigenvalue weighted by Gasteiger charge is -2.44. The third-order valence-corrected chi connectivity index (χ3v) is 9.75. The Morgan fingerprint density at radius 3 is 2.23 bits per heavy atom. The van der Waals surface area contributed by atoms with Crippen LogP contribution < -0.4 is 25.8 Å². The minimum Gasteiger partial charge on any atom is -0.494 e. The number of methoxy groups -OCH3 is 2. The molecule has 2 aromatic carbocycles. The minimum atomic E-state index is -1.22. The number of non-ortho nitro benzene ring substituents is 1. The Hall–Kier alpha value is -4.13. The number of nitro benzene ring substituents is 1. The van der Waals surface area contributed by atoms with Crippen molar-refractivity contribution in [3.8, 4) is 23.6 Å². The highest BCUT2D eigenvalue weighted by atomic mass is 31.2. The zero-order valence-corrected chi connectivity index (χ0v) is 30.5. The molecule has 0 saturated carbocycles. The lowest BCUT2D eigenvalue weighted by Crippen LogP contribution is -2.45. The van der Waals surface area contributed by atoms with Gasteiger partial charge in [-0.2, -0.15) is 10.5 Å². The Morgan fingerprint density at radius 1 is 1.04 bits per heavy atom. The van der Waals surface area contributed by atoms with Gasteiger partial charge in [0.2, 0.25) is 0 Å². The molecule has 13 nitrogen and oxygen atoms in total. The molecule has 1 aliphatic rings. The molecule has 1 unspecified atom stereocenters. The number of hydrogen-bond acceptors (Lipinski definition) is 12. The SMILES string of the molecule is COc1cc2c(c(OC)c1N)C(C)=CC(C)(C)N2CCCCOP(OCCC#N)N(C(C)C)C(C)C.N#Cc1cc([N+](=O)[O-])ccc1N. The summed E-state index contributed by atoms with van der Waals surface area (Å²) in [5.74, 6) is 1.27. The number of hydrogen-bond donors (Lipinski definition) is 2. The number of nitrogens with zero attached hydrogens (tertiary/aromatic N) is 5. The summed E-state index contributed by atoms with van der Waals surface area (Å²) in [5, 5.41) is 27.6. The predicted octanol–water partition coefficient (Wildman–Crippen LogP) is 7.41. The standard InChI is InChI=1S/C27H45N4O4P.C7H5N3O2/c1-19(2)31(20(3)4)36(35-16-12-13-28)34-15-11-10-14-30-22-17-23(32-8)25(29)26(33-9)24(22)21(5)18-27(30,6)7;8-4-5-3-6(10(11)12)1-2-7(5)9/h17-20H,10-12,14-16,29H2,1-9H3;1-3H,9H2. The van der Waals surface area contributed by atoms with Gasteiger partial charge in [0.15, 0.2) is 5.75 Å². The van der Waals surface area contributed by atoms with Crippen molar-refractivity contribution < 1.29 is 23.4 Å². The maximum Gasteiger partial charge on any atom is 0.270 e. The van der Waals surface area contributed by atoms with Crippen LogP contribution >= 0.6 is 8.53 Å². The summed E-state index contributed by atoms with van der Waals surface area (Å²) >= 11 is 0. The molecular formula is C34H50N7O6P. The number of anilines is 3. The fourth-order valence-electron chi connectivity index (χ4n) is 5.59. The average Bonchev–Trinajstić information content (AvgIpc) is 3.01. The maximum absolute atomic E-state index is 10.2. The molecule has 4 N–H and O–H groups in total. The number of nitriles is 2. The lowest BCUT2D eigenvalue weighted by atomic mass is 9.87. The number of allylic oxidation sites excluding steroid dienone is 1. The van der Waals surface area contributed by atoms with Crippen LogP contribution in [0.2, 0.25) is 0 Å². The van der Waals surface area contributed by atoms with Crippen molar-refractivity contribution in [2.24, 2.45) is 0 Å². The van der Waals surface area contributed by atoms with E-state index in [4.69, 9.17) is 40.5 Å². The van der Waals surface area contributed by atoms with E-state index >= 15 is 0 Å². The molecule has 0 spiro atoms. The van der Waals surface area contributed by atoms with Crippen molar-refractivity contribution in [1.82, 2.24) is 4.67 Å². The molecule has 0 radical (unpaired) electrons. The van der Waals surface area contributed by atoms with Crippen molar-refractivity contribution in [3.63, 3.8) is 0 Å². The zero-order chi connectivity index (χ0) is 36.2. The summed E-state index contributed by atoms with van der Waals surface area (Å²) in [7, 11) is 2.06. The van der Waals surface area contributed by atoms with Crippen molar-refractivity contribution in [3.05, 3.63) is 51.6 Å². The normalized spacial score (nSPS) is 14.0. The molecule has 14 heteroatoms. The van der Waals surface area contributed by atoms with E-state index in [9.17, 15) is 10.1 Å². The lowest BCUT2D eigenvalue weighted by molar-refractivity contribution is -0.384. The second-order valence-corrected chi connectivity index (χ2v) is 13.7. The zero-order valence-electron chi connectivity index (χ0n) is 29.6. The summed E-state index contributed by atoms with van der Waals surface area (Å²) in [5.41, 5.74) is 15.5. The molecule has 1 aliphatic heterocycles. The van der Waals surface area contributed by atoms with Crippen LogP contribution in [-0.2, 0) is 9.05 Å². The first-order valence-corrected chi connectivity index (χ1v) is 16.9. The molecular weight excluding hydrogens is 633 g/mol. The monoisotopic (exact) mass is 683 g/mol. The highest BCUT2D eigenvalue weighted by Gasteiger charge is 2.34. The quantitative estimate of drug-likeness (QED) is 0.0623. The Kier molecular flexibility index (Phi) is 15.4. The average molecular weight is 684 g/mol. The smallest absolute Gasteiger partial charge is 0.270 e. The fraction of sp³-hybridized carbons (Fsp3) is 0.529. The Labute approximate surface area is 286 Å². The number of fused-ring (bicyclic) bond motifs is 1. The van der Waals surface area contributed by atoms with Gasteiger partial charge in [0.1, 0.15) is 17.5 Å². The van der Waals surface area contributed by atoms with Gasteiger partial charge in [-0.15, -0.1) is 0 Å². The first-order valence-electron chi connectivity index (χ1n) is 15.8. The molecule has 0 aliphatic carbocycles. The van der Waals surface area contributed by atoms with E-state index in [1.165, 1.54) is 12.1 Å². The second kappa shape index (κ2) is 18.4. The van der Waals surface area contributed by atoms with Gasteiger partial charge in [-0.05, 0) is 72.9 Å². The molecule has 1 heterocycles. The van der Waals surface area contributed by atoms with Crippen LogP contribution in [0.1, 0.15) is 78.9 Å². The van der Waals surface area contributed by atoms with Gasteiger partial charge in [-0.1, -0.05) is 6.08 Å². The molecule has 262 valence electrons. The van der Waals surface area contributed by atoms with Crippen molar-refractivity contribution in [2.45, 2.75) is 85.4 Å². The van der Waals surface area contributed by atoms with Crippen LogP contribution in [-0.4, -0.2) is 61.2 Å². The van der Waals surface area contributed by atoms with E-state index in [1.807, 2.05) is 6.07 Å². The van der Waals surface area contributed by atoms with E-state index in [1.54, 1.807) is 20.3 Å². The summed E-state index contributed by atoms with van der Waals surface area (Å²) < 4.78 is 25.8. The van der Waals surface area contributed by atoms with E-state index < -0.39 is 13.4 Å². The molecule has 0 aromatic heterocycles. The highest BCUT2D eigenvalue weighted by molar-refractivity contribution is 7.44. The van der Waals surface area contributed by atoms with Gasteiger partial charge in [0.25, 0.3) is 14.2 Å². The number of unbranched alkanes of at least 4 members (excludes halogenated alkanes) is 1. The van der Waals surface area contributed by atoms with Gasteiger partial charge in [0, 0.05) is 48.1 Å². The molecule has 48 heavy (non-hydrogen) atoms.